The first-order chi connectivity index (χ1) is 3.39. The second-order valence-corrected chi connectivity index (χ2v) is 2.88. The predicted octanol–water partition coefficient (Wildman–Crippen LogP) is -0.125. The van der Waals surface area contributed by atoms with Gasteiger partial charge >= 0.3 is 55.6 Å². The van der Waals surface area contributed by atoms with Crippen molar-refractivity contribution in [1.82, 2.24) is 4.98 Å². The van der Waals surface area contributed by atoms with Crippen LogP contribution in [-0.4, -0.2) is 27.5 Å². The summed E-state index contributed by atoms with van der Waals surface area (Å²) in [6.45, 7) is 0. The summed E-state index contributed by atoms with van der Waals surface area (Å²) in [6, 6.07) is 4.02. The van der Waals surface area contributed by atoms with Crippen molar-refractivity contribution in [3.63, 3.8) is 0 Å². The van der Waals surface area contributed by atoms with Crippen molar-refractivity contribution < 1.29 is 0 Å². The molecule has 1 heterocycles. The van der Waals surface area contributed by atoms with Gasteiger partial charge in [0.05, 0.1) is 0 Å². The third-order valence-corrected chi connectivity index (χ3v) is 1.63. The van der Waals surface area contributed by atoms with Crippen molar-refractivity contribution >= 4 is 26.1 Å². The van der Waals surface area contributed by atoms with Crippen LogP contribution in [0.15, 0.2) is 24.5 Å². The van der Waals surface area contributed by atoms with Gasteiger partial charge in [-0.05, 0) is 0 Å². The van der Waals surface area contributed by atoms with Crippen LogP contribution in [0.25, 0.3) is 0 Å². The zero-order valence-corrected chi connectivity index (χ0v) is 6.61. The van der Waals surface area contributed by atoms with Gasteiger partial charge in [0.2, 0.25) is 0 Å². The molecule has 33 valence electrons. The maximum atomic E-state index is 3.86. The van der Waals surface area contributed by atoms with E-state index in [-0.39, 0.29) is 0 Å². The standard InChI is InChI=1S/C5H4N.Sn/c1-2-4-6-5-3-1;/h2-5H;. The van der Waals surface area contributed by atoms with Gasteiger partial charge in [0.1, 0.15) is 0 Å². The molecular weight excluding hydrogens is 193 g/mol. The number of pyridine rings is 1. The first-order valence-corrected chi connectivity index (χ1v) is 3.44. The Bertz CT molecular complexity index is 138. The van der Waals surface area contributed by atoms with Crippen LogP contribution >= 0.6 is 0 Å². The minimum atomic E-state index is 1.35. The Labute approximate surface area is 55.9 Å². The number of aromatic nitrogens is 1. The number of rotatable bonds is 0. The molecule has 0 spiro atoms. The molecule has 0 aromatic carbocycles. The Morgan fingerprint density at radius 2 is 1.86 bits per heavy atom. The molecule has 1 nitrogen and oxygen atoms in total. The summed E-state index contributed by atoms with van der Waals surface area (Å²) in [5, 5.41) is 0. The molecule has 1 aromatic rings. The number of hydrogen-bond acceptors (Lipinski definition) is 1. The van der Waals surface area contributed by atoms with Crippen LogP contribution in [0.3, 0.4) is 0 Å². The summed E-state index contributed by atoms with van der Waals surface area (Å²) in [7, 11) is 0. The molecule has 0 amide bonds. The first kappa shape index (κ1) is 5.09. The normalized spacial score (nSPS) is 8.71. The van der Waals surface area contributed by atoms with Crippen LogP contribution in [-0.2, 0) is 0 Å². The fourth-order valence-electron chi connectivity index (χ4n) is 0.352. The molecular formula is C5H4NSn. The molecule has 0 unspecified atom stereocenters. The van der Waals surface area contributed by atoms with Crippen LogP contribution in [0.4, 0.5) is 0 Å². The molecule has 0 fully saturated rings. The SMILES string of the molecule is [Sn][c]1ccncc1. The van der Waals surface area contributed by atoms with E-state index in [1.165, 1.54) is 26.1 Å². The molecule has 2 heteroatoms. The van der Waals surface area contributed by atoms with Crippen LogP contribution < -0.4 is 3.58 Å². The molecule has 0 saturated carbocycles. The second kappa shape index (κ2) is 2.31. The van der Waals surface area contributed by atoms with E-state index in [0.29, 0.717) is 0 Å². The number of nitrogens with zero attached hydrogens (tertiary/aromatic N) is 1. The van der Waals surface area contributed by atoms with E-state index in [2.05, 4.69) is 4.98 Å². The van der Waals surface area contributed by atoms with Gasteiger partial charge in [-0.15, -0.1) is 0 Å². The maximum absolute atomic E-state index is 3.86. The quantitative estimate of drug-likeness (QED) is 0.528. The Morgan fingerprint density at radius 3 is 2.14 bits per heavy atom. The van der Waals surface area contributed by atoms with Gasteiger partial charge in [-0.3, -0.25) is 0 Å². The average Bonchev–Trinajstić information content (AvgIpc) is 1.69. The van der Waals surface area contributed by atoms with E-state index in [0.717, 1.165) is 0 Å². The van der Waals surface area contributed by atoms with Crippen molar-refractivity contribution in [3.8, 4) is 0 Å². The summed E-state index contributed by atoms with van der Waals surface area (Å²) in [5.74, 6) is 0. The van der Waals surface area contributed by atoms with E-state index < -0.39 is 0 Å². The van der Waals surface area contributed by atoms with Crippen molar-refractivity contribution in [3.05, 3.63) is 24.5 Å². The first-order valence-electron chi connectivity index (χ1n) is 2.01. The predicted molar refractivity (Wildman–Crippen MR) is 29.6 cm³/mol. The fourth-order valence-corrected chi connectivity index (χ4v) is 0.777. The van der Waals surface area contributed by atoms with Crippen molar-refractivity contribution in [2.45, 2.75) is 0 Å². The van der Waals surface area contributed by atoms with Gasteiger partial charge in [0.15, 0.2) is 0 Å². The molecule has 0 atom stereocenters. The summed E-state index contributed by atoms with van der Waals surface area (Å²) < 4.78 is 1.35. The molecule has 0 saturated heterocycles. The molecule has 1 rings (SSSR count). The zero-order chi connectivity index (χ0) is 5.11. The van der Waals surface area contributed by atoms with Crippen molar-refractivity contribution in [2.24, 2.45) is 0 Å². The molecule has 0 aliphatic rings. The summed E-state index contributed by atoms with van der Waals surface area (Å²) in [5.41, 5.74) is 0. The molecule has 0 aliphatic carbocycles. The average molecular weight is 197 g/mol. The van der Waals surface area contributed by atoms with Crippen LogP contribution in [0.2, 0.25) is 0 Å². The van der Waals surface area contributed by atoms with Gasteiger partial charge in [-0.25, -0.2) is 0 Å². The van der Waals surface area contributed by atoms with E-state index in [1.54, 1.807) is 0 Å². The third kappa shape index (κ3) is 1.47. The fraction of sp³-hybridized carbons (Fsp3) is 0. The van der Waals surface area contributed by atoms with E-state index in [1.807, 2.05) is 24.5 Å². The molecule has 3 radical (unpaired) electrons. The Kier molecular flexibility index (Phi) is 1.68. The summed E-state index contributed by atoms with van der Waals surface area (Å²) in [6.07, 6.45) is 3.62. The van der Waals surface area contributed by atoms with Gasteiger partial charge in [-0.1, -0.05) is 0 Å². The van der Waals surface area contributed by atoms with E-state index >= 15 is 0 Å². The zero-order valence-electron chi connectivity index (χ0n) is 3.76. The Balaban J connectivity index is 3.02. The van der Waals surface area contributed by atoms with Gasteiger partial charge in [0, 0.05) is 0 Å². The Hall–Kier alpha value is -0.0513. The summed E-state index contributed by atoms with van der Waals surface area (Å²) >= 11 is 1.45. The molecule has 0 N–H and O–H groups in total. The van der Waals surface area contributed by atoms with E-state index in [9.17, 15) is 0 Å². The number of hydrogen-bond donors (Lipinski definition) is 0. The molecule has 0 bridgehead atoms. The van der Waals surface area contributed by atoms with Crippen LogP contribution in [0, 0.1) is 0 Å². The molecule has 0 aliphatic heterocycles. The molecule has 1 aromatic heterocycles. The topological polar surface area (TPSA) is 12.9 Å². The van der Waals surface area contributed by atoms with Crippen molar-refractivity contribution in [1.29, 1.82) is 0 Å². The van der Waals surface area contributed by atoms with Gasteiger partial charge in [-0.2, -0.15) is 0 Å². The van der Waals surface area contributed by atoms with Crippen molar-refractivity contribution in [2.75, 3.05) is 0 Å². The minimum absolute atomic E-state index is 1.35. The second-order valence-electron chi connectivity index (χ2n) is 1.24. The Morgan fingerprint density at radius 1 is 1.29 bits per heavy atom. The van der Waals surface area contributed by atoms with Crippen LogP contribution in [0.1, 0.15) is 0 Å². The third-order valence-electron chi connectivity index (χ3n) is 0.680. The van der Waals surface area contributed by atoms with E-state index in [4.69, 9.17) is 0 Å². The molecule has 7 heavy (non-hydrogen) atoms. The van der Waals surface area contributed by atoms with Crippen LogP contribution in [0.5, 0.6) is 0 Å². The monoisotopic (exact) mass is 198 g/mol. The van der Waals surface area contributed by atoms with Gasteiger partial charge in [0.25, 0.3) is 0 Å². The summed E-state index contributed by atoms with van der Waals surface area (Å²) in [4.78, 5) is 3.86. The van der Waals surface area contributed by atoms with Gasteiger partial charge < -0.3 is 0 Å².